The van der Waals surface area contributed by atoms with Gasteiger partial charge in [0.15, 0.2) is 11.5 Å². The number of ether oxygens (including phenoxy) is 2. The first kappa shape index (κ1) is 26.3. The summed E-state index contributed by atoms with van der Waals surface area (Å²) in [6, 6.07) is 26.8. The van der Waals surface area contributed by atoms with Crippen LogP contribution in [0.3, 0.4) is 0 Å². The molecule has 4 aromatic carbocycles. The molecule has 204 valence electrons. The van der Waals surface area contributed by atoms with Crippen LogP contribution in [0.4, 0.5) is 13.2 Å². The summed E-state index contributed by atoms with van der Waals surface area (Å²) in [5, 5.41) is 5.57. The van der Waals surface area contributed by atoms with E-state index in [1.54, 1.807) is 19.2 Å². The predicted molar refractivity (Wildman–Crippen MR) is 150 cm³/mol. The van der Waals surface area contributed by atoms with Gasteiger partial charge >= 0.3 is 6.18 Å². The van der Waals surface area contributed by atoms with Crippen molar-refractivity contribution in [2.45, 2.75) is 24.7 Å². The Morgan fingerprint density at radius 1 is 0.900 bits per heavy atom. The van der Waals surface area contributed by atoms with Gasteiger partial charge in [-0.1, -0.05) is 66.2 Å². The highest BCUT2D eigenvalue weighted by Crippen LogP contribution is 2.44. The van der Waals surface area contributed by atoms with Crippen molar-refractivity contribution in [2.24, 2.45) is 0 Å². The summed E-state index contributed by atoms with van der Waals surface area (Å²) < 4.78 is 50.9. The summed E-state index contributed by atoms with van der Waals surface area (Å²) in [6.45, 7) is 0.659. The molecule has 0 unspecified atom stereocenters. The molecule has 0 saturated heterocycles. The Hall–Kier alpha value is -3.94. The molecule has 6 rings (SSSR count). The molecule has 0 aliphatic carbocycles. The number of aromatic amines is 1. The second kappa shape index (κ2) is 10.6. The average molecular weight is 563 g/mol. The van der Waals surface area contributed by atoms with Crippen LogP contribution in [0.15, 0.2) is 91.0 Å². The van der Waals surface area contributed by atoms with E-state index in [0.29, 0.717) is 23.6 Å². The van der Waals surface area contributed by atoms with Gasteiger partial charge in [-0.15, -0.1) is 0 Å². The second-order valence-corrected chi connectivity index (χ2v) is 10.2. The number of para-hydroxylation sites is 1. The minimum atomic E-state index is -4.41. The first-order valence-electron chi connectivity index (χ1n) is 12.9. The Kier molecular flexibility index (Phi) is 6.94. The van der Waals surface area contributed by atoms with Crippen LogP contribution in [-0.4, -0.2) is 18.6 Å². The van der Waals surface area contributed by atoms with Crippen molar-refractivity contribution in [2.75, 3.05) is 13.7 Å². The Balaban J connectivity index is 1.32. The van der Waals surface area contributed by atoms with Crippen molar-refractivity contribution in [1.82, 2.24) is 10.3 Å². The summed E-state index contributed by atoms with van der Waals surface area (Å²) >= 11 is 6.63. The highest BCUT2D eigenvalue weighted by molar-refractivity contribution is 6.31. The normalized spacial score (nSPS) is 17.0. The Bertz CT molecular complexity index is 1680. The number of hydrogen-bond donors (Lipinski definition) is 2. The van der Waals surface area contributed by atoms with Crippen LogP contribution in [0.25, 0.3) is 10.9 Å². The van der Waals surface area contributed by atoms with Gasteiger partial charge in [-0.25, -0.2) is 0 Å². The van der Waals surface area contributed by atoms with Crippen molar-refractivity contribution in [3.63, 3.8) is 0 Å². The van der Waals surface area contributed by atoms with Gasteiger partial charge in [0.2, 0.25) is 0 Å². The van der Waals surface area contributed by atoms with E-state index >= 15 is 0 Å². The SMILES string of the molecule is COc1cc([C@H]2NC[C@H](c3ccccc3Cl)c3c2[nH]c2ccccc32)ccc1OCc1cccc(C(F)(F)F)c1. The van der Waals surface area contributed by atoms with E-state index in [2.05, 4.69) is 28.5 Å². The van der Waals surface area contributed by atoms with Gasteiger partial charge in [0.25, 0.3) is 0 Å². The number of rotatable bonds is 6. The smallest absolute Gasteiger partial charge is 0.416 e. The highest BCUT2D eigenvalue weighted by atomic mass is 35.5. The fourth-order valence-electron chi connectivity index (χ4n) is 5.52. The summed E-state index contributed by atoms with van der Waals surface area (Å²) in [5.74, 6) is 1.01. The molecule has 5 aromatic rings. The molecule has 0 radical (unpaired) electrons. The third-order valence-corrected chi connectivity index (χ3v) is 7.73. The first-order chi connectivity index (χ1) is 19.3. The molecule has 0 fully saturated rings. The largest absolute Gasteiger partial charge is 0.493 e. The zero-order valence-electron chi connectivity index (χ0n) is 21.6. The highest BCUT2D eigenvalue weighted by Gasteiger charge is 2.34. The molecular formula is C32H26ClF3N2O2. The topological polar surface area (TPSA) is 46.3 Å². The average Bonchev–Trinajstić information content (AvgIpc) is 3.35. The molecule has 0 bridgehead atoms. The second-order valence-electron chi connectivity index (χ2n) is 9.81. The molecule has 0 saturated carbocycles. The van der Waals surface area contributed by atoms with Crippen LogP contribution in [0.5, 0.6) is 11.5 Å². The molecule has 40 heavy (non-hydrogen) atoms. The van der Waals surface area contributed by atoms with E-state index in [1.807, 2.05) is 42.5 Å². The van der Waals surface area contributed by atoms with Crippen LogP contribution in [0, 0.1) is 0 Å². The van der Waals surface area contributed by atoms with Crippen LogP contribution in [0.1, 0.15) is 45.5 Å². The van der Waals surface area contributed by atoms with Crippen LogP contribution in [-0.2, 0) is 12.8 Å². The number of aromatic nitrogens is 1. The van der Waals surface area contributed by atoms with Crippen molar-refractivity contribution in [3.8, 4) is 11.5 Å². The van der Waals surface area contributed by atoms with E-state index in [0.717, 1.165) is 44.9 Å². The van der Waals surface area contributed by atoms with E-state index in [9.17, 15) is 13.2 Å². The monoisotopic (exact) mass is 562 g/mol. The number of halogens is 4. The Morgan fingerprint density at radius 2 is 1.70 bits per heavy atom. The number of hydrogen-bond acceptors (Lipinski definition) is 3. The van der Waals surface area contributed by atoms with Crippen molar-refractivity contribution >= 4 is 22.5 Å². The summed E-state index contributed by atoms with van der Waals surface area (Å²) in [6.07, 6.45) is -4.41. The Labute approximate surface area is 234 Å². The predicted octanol–water partition coefficient (Wildman–Crippen LogP) is 8.25. The molecule has 1 aliphatic rings. The van der Waals surface area contributed by atoms with Gasteiger partial charge in [0.05, 0.1) is 18.7 Å². The van der Waals surface area contributed by atoms with E-state index < -0.39 is 11.7 Å². The maximum Gasteiger partial charge on any atom is 0.416 e. The van der Waals surface area contributed by atoms with Crippen LogP contribution < -0.4 is 14.8 Å². The number of fused-ring (bicyclic) bond motifs is 3. The lowest BCUT2D eigenvalue weighted by Gasteiger charge is -2.32. The molecule has 2 heterocycles. The third kappa shape index (κ3) is 4.91. The lowest BCUT2D eigenvalue weighted by molar-refractivity contribution is -0.137. The molecule has 1 aromatic heterocycles. The minimum absolute atomic E-state index is 0.0208. The number of alkyl halides is 3. The van der Waals surface area contributed by atoms with Crippen molar-refractivity contribution < 1.29 is 22.6 Å². The third-order valence-electron chi connectivity index (χ3n) is 7.39. The quantitative estimate of drug-likeness (QED) is 0.219. The fraction of sp³-hybridized carbons (Fsp3) is 0.188. The van der Waals surface area contributed by atoms with Gasteiger partial charge in [-0.3, -0.25) is 0 Å². The lowest BCUT2D eigenvalue weighted by Crippen LogP contribution is -2.34. The number of nitrogens with one attached hydrogen (secondary N) is 2. The van der Waals surface area contributed by atoms with E-state index in [1.165, 1.54) is 11.6 Å². The van der Waals surface area contributed by atoms with Crippen LogP contribution in [0.2, 0.25) is 5.02 Å². The van der Waals surface area contributed by atoms with Gasteiger partial charge in [0.1, 0.15) is 6.61 Å². The lowest BCUT2D eigenvalue weighted by atomic mass is 9.83. The Morgan fingerprint density at radius 3 is 2.50 bits per heavy atom. The number of benzene rings is 4. The first-order valence-corrected chi connectivity index (χ1v) is 13.3. The molecule has 0 amide bonds. The zero-order valence-corrected chi connectivity index (χ0v) is 22.3. The molecule has 1 aliphatic heterocycles. The molecular weight excluding hydrogens is 537 g/mol. The minimum Gasteiger partial charge on any atom is -0.493 e. The zero-order chi connectivity index (χ0) is 27.9. The van der Waals surface area contributed by atoms with Crippen LogP contribution >= 0.6 is 11.6 Å². The fourth-order valence-corrected chi connectivity index (χ4v) is 5.78. The maximum atomic E-state index is 13.1. The molecule has 4 nitrogen and oxygen atoms in total. The van der Waals surface area contributed by atoms with Crippen molar-refractivity contribution in [1.29, 1.82) is 0 Å². The van der Waals surface area contributed by atoms with Crippen molar-refractivity contribution in [3.05, 3.63) is 130 Å². The van der Waals surface area contributed by atoms with E-state index in [4.69, 9.17) is 21.1 Å². The maximum absolute atomic E-state index is 13.1. The van der Waals surface area contributed by atoms with Gasteiger partial charge in [-0.2, -0.15) is 13.2 Å². The molecule has 0 spiro atoms. The molecule has 2 atom stereocenters. The van der Waals surface area contributed by atoms with Gasteiger partial charge in [-0.05, 0) is 58.7 Å². The summed E-state index contributed by atoms with van der Waals surface area (Å²) in [5.41, 5.74) is 5.05. The van der Waals surface area contributed by atoms with E-state index in [-0.39, 0.29) is 18.6 Å². The van der Waals surface area contributed by atoms with Gasteiger partial charge in [0, 0.05) is 34.1 Å². The van der Waals surface area contributed by atoms with Gasteiger partial charge < -0.3 is 19.8 Å². The summed E-state index contributed by atoms with van der Waals surface area (Å²) in [4.78, 5) is 3.63. The molecule has 8 heteroatoms. The standard InChI is InChI=1S/C32H26ClF3N2O2/c1-39-28-16-20(13-14-27(28)40-18-19-7-6-8-21(15-19)32(34,35)36)30-31-29(23-10-3-5-12-26(23)38-31)24(17-37-30)22-9-2-4-11-25(22)33/h2-16,24,30,37-38H,17-18H2,1H3/t24-,30-/m1/s1. The number of methoxy groups -OCH3 is 1. The summed E-state index contributed by atoms with van der Waals surface area (Å²) in [7, 11) is 1.55. The number of H-pyrrole nitrogens is 1. The molecule has 2 N–H and O–H groups in total.